The van der Waals surface area contributed by atoms with Crippen molar-refractivity contribution in [2.75, 3.05) is 7.11 Å². The van der Waals surface area contributed by atoms with Crippen LogP contribution < -0.4 is 0 Å². The highest BCUT2D eigenvalue weighted by molar-refractivity contribution is 5.81. The molecular formula is C20H18O2. The van der Waals surface area contributed by atoms with E-state index in [2.05, 4.69) is 66.8 Å². The van der Waals surface area contributed by atoms with Crippen LogP contribution in [0.15, 0.2) is 42.5 Å². The number of methoxy groups -OCH3 is 1. The zero-order valence-corrected chi connectivity index (χ0v) is 13.1. The van der Waals surface area contributed by atoms with Gasteiger partial charge in [-0.25, -0.2) is 0 Å². The van der Waals surface area contributed by atoms with Gasteiger partial charge in [0.1, 0.15) is 6.42 Å². The molecule has 0 saturated heterocycles. The Morgan fingerprint density at radius 3 is 2.59 bits per heavy atom. The summed E-state index contributed by atoms with van der Waals surface area (Å²) in [5, 5.41) is 0. The third-order valence-electron chi connectivity index (χ3n) is 4.28. The van der Waals surface area contributed by atoms with Gasteiger partial charge in [-0.05, 0) is 34.4 Å². The highest BCUT2D eigenvalue weighted by atomic mass is 16.5. The van der Waals surface area contributed by atoms with E-state index in [-0.39, 0.29) is 17.8 Å². The number of benzene rings is 2. The van der Waals surface area contributed by atoms with E-state index in [1.165, 1.54) is 29.4 Å². The van der Waals surface area contributed by atoms with Crippen molar-refractivity contribution < 1.29 is 9.53 Å². The molecule has 0 atom stereocenters. The van der Waals surface area contributed by atoms with Gasteiger partial charge >= 0.3 is 5.97 Å². The lowest BCUT2D eigenvalue weighted by atomic mass is 9.82. The molecule has 0 amide bonds. The first-order valence-corrected chi connectivity index (χ1v) is 7.34. The predicted octanol–water partition coefficient (Wildman–Crippen LogP) is 3.91. The maximum absolute atomic E-state index is 11.1. The van der Waals surface area contributed by atoms with Gasteiger partial charge in [-0.15, -0.1) is 0 Å². The Morgan fingerprint density at radius 1 is 1.09 bits per heavy atom. The van der Waals surface area contributed by atoms with Crippen molar-refractivity contribution in [1.29, 1.82) is 0 Å². The average Bonchev–Trinajstić information content (AvgIpc) is 2.76. The lowest BCUT2D eigenvalue weighted by Crippen LogP contribution is -2.14. The van der Waals surface area contributed by atoms with E-state index in [1.54, 1.807) is 0 Å². The Balaban J connectivity index is 1.99. The standard InChI is InChI=1S/C20H18O2/c1-20(2)17-9-5-4-8-15(17)16-12-11-14(13-18(16)20)7-6-10-19(21)22-3/h4-5,8-9,11-13H,10H2,1-3H3. The smallest absolute Gasteiger partial charge is 0.317 e. The van der Waals surface area contributed by atoms with Crippen LogP contribution >= 0.6 is 0 Å². The van der Waals surface area contributed by atoms with Gasteiger partial charge in [0, 0.05) is 11.0 Å². The predicted molar refractivity (Wildman–Crippen MR) is 87.5 cm³/mol. The molecule has 0 spiro atoms. The van der Waals surface area contributed by atoms with Crippen molar-refractivity contribution in [3.05, 3.63) is 59.2 Å². The minimum Gasteiger partial charge on any atom is -0.468 e. The minimum atomic E-state index is -0.304. The number of ether oxygens (including phenoxy) is 1. The van der Waals surface area contributed by atoms with Gasteiger partial charge in [-0.1, -0.05) is 56.0 Å². The largest absolute Gasteiger partial charge is 0.468 e. The summed E-state index contributed by atoms with van der Waals surface area (Å²) in [6.45, 7) is 4.48. The molecule has 0 unspecified atom stereocenters. The van der Waals surface area contributed by atoms with E-state index < -0.39 is 0 Å². The topological polar surface area (TPSA) is 26.3 Å². The Morgan fingerprint density at radius 2 is 1.82 bits per heavy atom. The molecule has 2 aromatic rings. The first-order valence-electron chi connectivity index (χ1n) is 7.34. The molecule has 110 valence electrons. The third kappa shape index (κ3) is 2.29. The number of rotatable bonds is 1. The molecule has 2 aromatic carbocycles. The quantitative estimate of drug-likeness (QED) is 0.588. The van der Waals surface area contributed by atoms with Crippen LogP contribution in [0.2, 0.25) is 0 Å². The number of fused-ring (bicyclic) bond motifs is 3. The summed E-state index contributed by atoms with van der Waals surface area (Å²) >= 11 is 0. The second-order valence-electron chi connectivity index (χ2n) is 5.99. The monoisotopic (exact) mass is 290 g/mol. The van der Waals surface area contributed by atoms with Crippen LogP contribution in [-0.4, -0.2) is 13.1 Å². The van der Waals surface area contributed by atoms with Crippen LogP contribution in [0.1, 0.15) is 37.0 Å². The third-order valence-corrected chi connectivity index (χ3v) is 4.28. The van der Waals surface area contributed by atoms with Gasteiger partial charge in [0.15, 0.2) is 0 Å². The van der Waals surface area contributed by atoms with Crippen molar-refractivity contribution in [3.63, 3.8) is 0 Å². The lowest BCUT2D eigenvalue weighted by molar-refractivity contribution is -0.139. The molecular weight excluding hydrogens is 272 g/mol. The van der Waals surface area contributed by atoms with Crippen LogP contribution in [0, 0.1) is 11.8 Å². The van der Waals surface area contributed by atoms with Gasteiger partial charge in [-0.3, -0.25) is 4.79 Å². The summed E-state index contributed by atoms with van der Waals surface area (Å²) in [6.07, 6.45) is 0.122. The molecule has 0 saturated carbocycles. The van der Waals surface area contributed by atoms with Crippen molar-refractivity contribution >= 4 is 5.97 Å². The Hall–Kier alpha value is -2.53. The molecule has 3 rings (SSSR count). The van der Waals surface area contributed by atoms with Gasteiger partial charge in [0.05, 0.1) is 7.11 Å². The van der Waals surface area contributed by atoms with Crippen molar-refractivity contribution in [2.45, 2.75) is 25.7 Å². The van der Waals surface area contributed by atoms with Gasteiger partial charge in [0.25, 0.3) is 0 Å². The van der Waals surface area contributed by atoms with Crippen molar-refractivity contribution in [2.24, 2.45) is 0 Å². The Kier molecular flexibility index (Phi) is 3.50. The molecule has 1 aliphatic carbocycles. The van der Waals surface area contributed by atoms with E-state index in [0.29, 0.717) is 0 Å². The van der Waals surface area contributed by atoms with Gasteiger partial charge in [-0.2, -0.15) is 0 Å². The molecule has 0 radical (unpaired) electrons. The molecule has 22 heavy (non-hydrogen) atoms. The van der Waals surface area contributed by atoms with E-state index >= 15 is 0 Å². The van der Waals surface area contributed by atoms with Crippen LogP contribution in [0.3, 0.4) is 0 Å². The Labute approximate surface area is 131 Å². The molecule has 0 bridgehead atoms. The first-order chi connectivity index (χ1) is 10.5. The molecule has 2 nitrogen and oxygen atoms in total. The molecule has 0 aromatic heterocycles. The second-order valence-corrected chi connectivity index (χ2v) is 5.99. The number of carbonyl (C=O) groups excluding carboxylic acids is 1. The first kappa shape index (κ1) is 14.4. The molecule has 0 N–H and O–H groups in total. The molecule has 0 fully saturated rings. The van der Waals surface area contributed by atoms with Crippen molar-refractivity contribution in [1.82, 2.24) is 0 Å². The maximum atomic E-state index is 11.1. The summed E-state index contributed by atoms with van der Waals surface area (Å²) < 4.78 is 4.60. The average molecular weight is 290 g/mol. The lowest BCUT2D eigenvalue weighted by Gasteiger charge is -2.21. The Bertz CT molecular complexity index is 804. The molecule has 2 heteroatoms. The molecule has 0 aliphatic heterocycles. The summed E-state index contributed by atoms with van der Waals surface area (Å²) in [5.74, 6) is 5.62. The van der Waals surface area contributed by atoms with E-state index in [4.69, 9.17) is 0 Å². The fourth-order valence-electron chi connectivity index (χ4n) is 3.07. The highest BCUT2D eigenvalue weighted by Gasteiger charge is 2.34. The fraction of sp³-hybridized carbons (Fsp3) is 0.250. The number of esters is 1. The number of carbonyl (C=O) groups is 1. The number of hydrogen-bond acceptors (Lipinski definition) is 2. The zero-order valence-electron chi connectivity index (χ0n) is 13.1. The number of hydrogen-bond donors (Lipinski definition) is 0. The fourth-order valence-corrected chi connectivity index (χ4v) is 3.07. The second kappa shape index (κ2) is 5.35. The van der Waals surface area contributed by atoms with Crippen molar-refractivity contribution in [3.8, 4) is 23.0 Å². The molecule has 0 heterocycles. The van der Waals surface area contributed by atoms with Gasteiger partial charge in [0.2, 0.25) is 0 Å². The van der Waals surface area contributed by atoms with E-state index in [1.807, 2.05) is 6.07 Å². The van der Waals surface area contributed by atoms with E-state index in [9.17, 15) is 4.79 Å². The minimum absolute atomic E-state index is 0.0219. The summed E-state index contributed by atoms with van der Waals surface area (Å²) in [4.78, 5) is 11.1. The normalized spacial score (nSPS) is 13.6. The highest BCUT2D eigenvalue weighted by Crippen LogP contribution is 2.48. The van der Waals surface area contributed by atoms with Gasteiger partial charge < -0.3 is 4.74 Å². The molecule has 1 aliphatic rings. The van der Waals surface area contributed by atoms with E-state index in [0.717, 1.165) is 5.56 Å². The summed E-state index contributed by atoms with van der Waals surface area (Å²) in [6, 6.07) is 14.8. The zero-order chi connectivity index (χ0) is 15.7. The van der Waals surface area contributed by atoms with Crippen LogP contribution in [0.25, 0.3) is 11.1 Å². The van der Waals surface area contributed by atoms with Crippen LogP contribution in [-0.2, 0) is 14.9 Å². The van der Waals surface area contributed by atoms with Crippen LogP contribution in [0.5, 0.6) is 0 Å². The van der Waals surface area contributed by atoms with Crippen LogP contribution in [0.4, 0.5) is 0 Å². The maximum Gasteiger partial charge on any atom is 0.317 e. The summed E-state index contributed by atoms with van der Waals surface area (Å²) in [5.41, 5.74) is 6.13. The summed E-state index contributed by atoms with van der Waals surface area (Å²) in [7, 11) is 1.37. The SMILES string of the molecule is COC(=O)CC#Cc1ccc2c(c1)C(C)(C)c1ccccc1-2.